The number of thioether (sulfide) groups is 1. The first-order chi connectivity index (χ1) is 16.0. The van der Waals surface area contributed by atoms with Crippen LogP contribution in [0.2, 0.25) is 5.02 Å². The molecule has 0 saturated carbocycles. The second-order valence-electron chi connectivity index (χ2n) is 7.28. The number of nitrogens with one attached hydrogen (secondary N) is 1. The van der Waals surface area contributed by atoms with E-state index in [9.17, 15) is 4.79 Å². The van der Waals surface area contributed by atoms with Crippen LogP contribution in [0.15, 0.2) is 64.2 Å². The molecule has 1 N–H and O–H groups in total. The minimum absolute atomic E-state index is 0.156. The zero-order chi connectivity index (χ0) is 22.9. The Labute approximate surface area is 202 Å². The van der Waals surface area contributed by atoms with Crippen molar-refractivity contribution in [2.75, 3.05) is 11.1 Å². The van der Waals surface area contributed by atoms with E-state index in [1.165, 1.54) is 23.1 Å². The summed E-state index contributed by atoms with van der Waals surface area (Å²) in [4.78, 5) is 18.2. The third-order valence-corrected chi connectivity index (χ3v) is 7.10. The molecule has 0 aliphatic carbocycles. The van der Waals surface area contributed by atoms with Crippen molar-refractivity contribution in [3.05, 3.63) is 64.5 Å². The molecule has 0 bridgehead atoms. The van der Waals surface area contributed by atoms with Crippen molar-refractivity contribution in [2.24, 2.45) is 7.05 Å². The molecule has 5 rings (SSSR count). The van der Waals surface area contributed by atoms with Gasteiger partial charge in [0.1, 0.15) is 5.58 Å². The van der Waals surface area contributed by atoms with Gasteiger partial charge in [-0.15, -0.1) is 21.5 Å². The van der Waals surface area contributed by atoms with Crippen molar-refractivity contribution in [3.63, 3.8) is 0 Å². The Morgan fingerprint density at radius 3 is 2.82 bits per heavy atom. The van der Waals surface area contributed by atoms with Crippen LogP contribution in [0.25, 0.3) is 33.8 Å². The lowest BCUT2D eigenvalue weighted by Gasteiger charge is -2.03. The number of carbonyl (C=O) groups is 1. The summed E-state index contributed by atoms with van der Waals surface area (Å²) in [5.74, 6) is 1.19. The number of fused-ring (bicyclic) bond motifs is 1. The number of benzene rings is 2. The van der Waals surface area contributed by atoms with Gasteiger partial charge in [0.05, 0.1) is 11.4 Å². The van der Waals surface area contributed by atoms with Gasteiger partial charge in [-0.25, -0.2) is 4.98 Å². The number of carbonyl (C=O) groups excluding carboxylic acids is 1. The first-order valence-electron chi connectivity index (χ1n) is 10.0. The van der Waals surface area contributed by atoms with Gasteiger partial charge in [0.2, 0.25) is 5.91 Å². The van der Waals surface area contributed by atoms with Crippen LogP contribution in [-0.4, -0.2) is 31.4 Å². The van der Waals surface area contributed by atoms with E-state index < -0.39 is 0 Å². The molecule has 7 nitrogen and oxygen atoms in total. The Balaban J connectivity index is 1.25. The van der Waals surface area contributed by atoms with Crippen LogP contribution < -0.4 is 5.32 Å². The van der Waals surface area contributed by atoms with E-state index in [2.05, 4.69) is 20.5 Å². The zero-order valence-electron chi connectivity index (χ0n) is 17.7. The van der Waals surface area contributed by atoms with Crippen LogP contribution in [-0.2, 0) is 11.8 Å². The van der Waals surface area contributed by atoms with Crippen molar-refractivity contribution in [3.8, 4) is 22.8 Å². The van der Waals surface area contributed by atoms with Gasteiger partial charge in [-0.3, -0.25) is 4.79 Å². The monoisotopic (exact) mass is 495 g/mol. The lowest BCUT2D eigenvalue weighted by molar-refractivity contribution is -0.113. The average Bonchev–Trinajstić information content (AvgIpc) is 3.49. The average molecular weight is 496 g/mol. The fourth-order valence-electron chi connectivity index (χ4n) is 3.38. The molecule has 33 heavy (non-hydrogen) atoms. The molecule has 0 radical (unpaired) electrons. The summed E-state index contributed by atoms with van der Waals surface area (Å²) in [5, 5.41) is 14.1. The van der Waals surface area contributed by atoms with Gasteiger partial charge in [0.25, 0.3) is 0 Å². The van der Waals surface area contributed by atoms with E-state index in [1.54, 1.807) is 10.6 Å². The van der Waals surface area contributed by atoms with Gasteiger partial charge in [0, 0.05) is 27.9 Å². The van der Waals surface area contributed by atoms with Gasteiger partial charge < -0.3 is 14.3 Å². The second-order valence-corrected chi connectivity index (χ2v) is 9.87. The number of aryl methyl sites for hydroxylation is 1. The smallest absolute Gasteiger partial charge is 0.236 e. The maximum atomic E-state index is 12.5. The maximum absolute atomic E-state index is 12.5. The Kier molecular flexibility index (Phi) is 5.92. The van der Waals surface area contributed by atoms with Crippen molar-refractivity contribution in [2.45, 2.75) is 12.1 Å². The van der Waals surface area contributed by atoms with E-state index in [0.717, 1.165) is 27.1 Å². The highest BCUT2D eigenvalue weighted by atomic mass is 35.5. The third kappa shape index (κ3) is 4.52. The van der Waals surface area contributed by atoms with E-state index >= 15 is 0 Å². The molecule has 0 spiro atoms. The molecule has 5 aromatic rings. The summed E-state index contributed by atoms with van der Waals surface area (Å²) in [6.07, 6.45) is 0. The molecule has 3 aromatic heterocycles. The highest BCUT2D eigenvalue weighted by molar-refractivity contribution is 7.99. The molecule has 0 fully saturated rings. The summed E-state index contributed by atoms with van der Waals surface area (Å²) in [6, 6.07) is 17.2. The number of hydrogen-bond donors (Lipinski definition) is 1. The SMILES string of the molecule is Cc1sc(NC(=O)CSc2nnc(-c3cc4cc(Cl)ccc4o3)n2C)nc1-c1ccccc1. The fraction of sp³-hybridized carbons (Fsp3) is 0.130. The van der Waals surface area contributed by atoms with E-state index in [1.807, 2.05) is 62.5 Å². The summed E-state index contributed by atoms with van der Waals surface area (Å²) in [6.45, 7) is 2.00. The summed E-state index contributed by atoms with van der Waals surface area (Å²) in [5.41, 5.74) is 2.63. The lowest BCUT2D eigenvalue weighted by atomic mass is 10.1. The molecule has 0 aliphatic heterocycles. The van der Waals surface area contributed by atoms with Crippen molar-refractivity contribution in [1.29, 1.82) is 0 Å². The van der Waals surface area contributed by atoms with E-state index in [4.69, 9.17) is 16.0 Å². The summed E-state index contributed by atoms with van der Waals surface area (Å²) >= 11 is 8.82. The molecule has 166 valence electrons. The number of hydrogen-bond acceptors (Lipinski definition) is 7. The van der Waals surface area contributed by atoms with Crippen LogP contribution in [0.1, 0.15) is 4.88 Å². The van der Waals surface area contributed by atoms with Gasteiger partial charge in [-0.2, -0.15) is 0 Å². The van der Waals surface area contributed by atoms with Gasteiger partial charge >= 0.3 is 0 Å². The molecule has 0 atom stereocenters. The van der Waals surface area contributed by atoms with Crippen LogP contribution >= 0.6 is 34.7 Å². The van der Waals surface area contributed by atoms with Crippen LogP contribution in [0.4, 0.5) is 5.13 Å². The molecular weight excluding hydrogens is 478 g/mol. The largest absolute Gasteiger partial charge is 0.453 e. The van der Waals surface area contributed by atoms with Gasteiger partial charge in [0.15, 0.2) is 21.9 Å². The Morgan fingerprint density at radius 2 is 2.00 bits per heavy atom. The molecule has 3 heterocycles. The minimum atomic E-state index is -0.156. The number of furan rings is 1. The fourth-order valence-corrected chi connectivity index (χ4v) is 5.12. The maximum Gasteiger partial charge on any atom is 0.236 e. The number of nitrogens with zero attached hydrogens (tertiary/aromatic N) is 4. The first kappa shape index (κ1) is 21.7. The zero-order valence-corrected chi connectivity index (χ0v) is 20.1. The highest BCUT2D eigenvalue weighted by Gasteiger charge is 2.17. The predicted octanol–water partition coefficient (Wildman–Crippen LogP) is 6.04. The number of rotatable bonds is 6. The first-order valence-corrected chi connectivity index (χ1v) is 12.2. The summed E-state index contributed by atoms with van der Waals surface area (Å²) < 4.78 is 7.68. The van der Waals surface area contributed by atoms with E-state index in [0.29, 0.717) is 26.9 Å². The molecular formula is C23H18ClN5O2S2. The van der Waals surface area contributed by atoms with Crippen molar-refractivity contribution in [1.82, 2.24) is 19.7 Å². The molecule has 0 unspecified atom stereocenters. The molecule has 2 aromatic carbocycles. The quantitative estimate of drug-likeness (QED) is 0.289. The predicted molar refractivity (Wildman–Crippen MR) is 133 cm³/mol. The Hall–Kier alpha value is -3.14. The number of aromatic nitrogens is 4. The number of anilines is 1. The van der Waals surface area contributed by atoms with Gasteiger partial charge in [-0.1, -0.05) is 53.7 Å². The molecule has 0 saturated heterocycles. The van der Waals surface area contributed by atoms with Crippen molar-refractivity contribution >= 4 is 56.7 Å². The van der Waals surface area contributed by atoms with Crippen molar-refractivity contribution < 1.29 is 9.21 Å². The molecule has 0 aliphatic rings. The number of thiazole rings is 1. The number of halogens is 1. The lowest BCUT2D eigenvalue weighted by Crippen LogP contribution is -2.14. The molecule has 1 amide bonds. The normalized spacial score (nSPS) is 11.2. The standard InChI is InChI=1S/C23H18ClN5O2S2/c1-13-20(14-6-4-3-5-7-14)26-22(33-13)25-19(30)12-32-23-28-27-21(29(23)2)18-11-15-10-16(24)8-9-17(15)31-18/h3-11H,12H2,1-2H3,(H,25,26,30). The topological polar surface area (TPSA) is 85.8 Å². The van der Waals surface area contributed by atoms with E-state index in [-0.39, 0.29) is 11.7 Å². The minimum Gasteiger partial charge on any atom is -0.453 e. The second kappa shape index (κ2) is 9.01. The van der Waals surface area contributed by atoms with Crippen LogP contribution in [0, 0.1) is 6.92 Å². The third-order valence-electron chi connectivity index (χ3n) is 4.96. The number of amides is 1. The van der Waals surface area contributed by atoms with Gasteiger partial charge in [-0.05, 0) is 31.2 Å². The summed E-state index contributed by atoms with van der Waals surface area (Å²) in [7, 11) is 1.84. The highest BCUT2D eigenvalue weighted by Crippen LogP contribution is 2.31. The Morgan fingerprint density at radius 1 is 1.18 bits per heavy atom. The molecule has 10 heteroatoms. The van der Waals surface area contributed by atoms with Crippen LogP contribution in [0.5, 0.6) is 0 Å². The Bertz CT molecular complexity index is 1460. The van der Waals surface area contributed by atoms with Crippen LogP contribution in [0.3, 0.4) is 0 Å².